The van der Waals surface area contributed by atoms with Gasteiger partial charge >= 0.3 is 12.0 Å². The second-order valence-electron chi connectivity index (χ2n) is 6.06. The first-order valence-corrected chi connectivity index (χ1v) is 8.70. The van der Waals surface area contributed by atoms with Crippen LogP contribution in [-0.4, -0.2) is 61.4 Å². The molecule has 8 nitrogen and oxygen atoms in total. The van der Waals surface area contributed by atoms with Crippen LogP contribution in [0.1, 0.15) is 19.8 Å². The summed E-state index contributed by atoms with van der Waals surface area (Å²) in [5.74, 6) is 0.0135. The van der Waals surface area contributed by atoms with Gasteiger partial charge in [0.05, 0.1) is 31.5 Å². The van der Waals surface area contributed by atoms with Crippen molar-refractivity contribution in [3.63, 3.8) is 0 Å². The van der Waals surface area contributed by atoms with Crippen LogP contribution in [0.3, 0.4) is 0 Å². The van der Waals surface area contributed by atoms with Crippen LogP contribution in [0.2, 0.25) is 5.02 Å². The highest BCUT2D eigenvalue weighted by Gasteiger charge is 2.34. The van der Waals surface area contributed by atoms with Crippen LogP contribution in [0.5, 0.6) is 11.5 Å². The van der Waals surface area contributed by atoms with Gasteiger partial charge in [-0.25, -0.2) is 4.79 Å². The molecule has 0 bridgehead atoms. The number of halogens is 1. The van der Waals surface area contributed by atoms with Gasteiger partial charge < -0.3 is 25.2 Å². The third kappa shape index (κ3) is 4.92. The summed E-state index contributed by atoms with van der Waals surface area (Å²) < 4.78 is 10.4. The largest absolute Gasteiger partial charge is 0.495 e. The minimum atomic E-state index is -0.843. The topological polar surface area (TPSA) is 100 Å². The quantitative estimate of drug-likeness (QED) is 0.635. The summed E-state index contributed by atoms with van der Waals surface area (Å²) >= 11 is 6.05. The molecule has 0 aromatic heterocycles. The maximum Gasteiger partial charge on any atom is 0.319 e. The maximum absolute atomic E-state index is 12.2. The van der Waals surface area contributed by atoms with Crippen molar-refractivity contribution in [1.82, 2.24) is 10.2 Å². The van der Waals surface area contributed by atoms with Gasteiger partial charge in [-0.3, -0.25) is 9.69 Å². The lowest BCUT2D eigenvalue weighted by molar-refractivity contribution is -0.139. The van der Waals surface area contributed by atoms with Gasteiger partial charge in [-0.15, -0.1) is 0 Å². The lowest BCUT2D eigenvalue weighted by atomic mass is 9.85. The summed E-state index contributed by atoms with van der Waals surface area (Å²) in [6.07, 6.45) is 1.44. The minimum absolute atomic E-state index is 0.00281. The van der Waals surface area contributed by atoms with Crippen molar-refractivity contribution in [2.24, 2.45) is 0 Å². The molecule has 2 amide bonds. The van der Waals surface area contributed by atoms with Gasteiger partial charge in [-0.05, 0) is 19.4 Å². The van der Waals surface area contributed by atoms with Gasteiger partial charge in [0.25, 0.3) is 0 Å². The number of hydrogen-bond donors (Lipinski definition) is 3. The number of carbonyl (C=O) groups excluding carboxylic acids is 1. The van der Waals surface area contributed by atoms with Gasteiger partial charge in [0, 0.05) is 24.2 Å². The molecule has 0 heterocycles. The fourth-order valence-electron chi connectivity index (χ4n) is 2.98. The number of rotatable bonds is 8. The van der Waals surface area contributed by atoms with Crippen molar-refractivity contribution in [2.45, 2.75) is 31.8 Å². The number of hydrogen-bond acceptors (Lipinski definition) is 5. The van der Waals surface area contributed by atoms with E-state index in [1.165, 1.54) is 14.2 Å². The number of carboxylic acids is 1. The average Bonchev–Trinajstić information content (AvgIpc) is 2.56. The standard InChI is InChI=1S/C17H24ClN3O5/c1-4-21(9-16(22)23)11-5-10(6-11)19-17(24)20-13-8-14(25-2)12(18)7-15(13)26-3/h7-8,10-11H,4-6,9H2,1-3H3,(H,22,23)(H2,19,20,24). The Kier molecular flexibility index (Phi) is 6.93. The van der Waals surface area contributed by atoms with Gasteiger partial charge in [-0.2, -0.15) is 0 Å². The molecule has 1 aromatic rings. The number of carboxylic acid groups (broad SMARTS) is 1. The highest BCUT2D eigenvalue weighted by atomic mass is 35.5. The van der Waals surface area contributed by atoms with Crippen LogP contribution < -0.4 is 20.1 Å². The zero-order chi connectivity index (χ0) is 19.3. The molecular weight excluding hydrogens is 362 g/mol. The van der Waals surface area contributed by atoms with E-state index in [1.807, 2.05) is 11.8 Å². The zero-order valence-corrected chi connectivity index (χ0v) is 15.8. The number of methoxy groups -OCH3 is 2. The number of anilines is 1. The van der Waals surface area contributed by atoms with E-state index in [4.69, 9.17) is 26.2 Å². The first-order chi connectivity index (χ1) is 12.4. The number of carbonyl (C=O) groups is 2. The predicted octanol–water partition coefficient (Wildman–Crippen LogP) is 2.42. The number of likely N-dealkylation sites (N-methyl/N-ethyl adjacent to an activating group) is 1. The number of benzene rings is 1. The van der Waals surface area contributed by atoms with E-state index in [2.05, 4.69) is 10.6 Å². The summed E-state index contributed by atoms with van der Waals surface area (Å²) in [5.41, 5.74) is 0.447. The monoisotopic (exact) mass is 385 g/mol. The molecule has 1 saturated carbocycles. The molecule has 0 saturated heterocycles. The van der Waals surface area contributed by atoms with E-state index < -0.39 is 5.97 Å². The van der Waals surface area contributed by atoms with E-state index in [-0.39, 0.29) is 24.7 Å². The molecule has 26 heavy (non-hydrogen) atoms. The van der Waals surface area contributed by atoms with E-state index in [9.17, 15) is 9.59 Å². The Morgan fingerprint density at radius 2 is 1.92 bits per heavy atom. The summed E-state index contributed by atoms with van der Waals surface area (Å²) in [6.45, 7) is 2.61. The second kappa shape index (κ2) is 8.95. The number of aliphatic carboxylic acids is 1. The normalized spacial score (nSPS) is 18.8. The fraction of sp³-hybridized carbons (Fsp3) is 0.529. The van der Waals surface area contributed by atoms with Gasteiger partial charge in [-0.1, -0.05) is 18.5 Å². The number of ether oxygens (including phenoxy) is 2. The van der Waals surface area contributed by atoms with Crippen LogP contribution in [0.25, 0.3) is 0 Å². The molecule has 1 fully saturated rings. The molecule has 144 valence electrons. The Labute approximate surface area is 157 Å². The van der Waals surface area contributed by atoms with Crippen molar-refractivity contribution in [1.29, 1.82) is 0 Å². The highest BCUT2D eigenvalue weighted by Crippen LogP contribution is 2.36. The lowest BCUT2D eigenvalue weighted by Crippen LogP contribution is -2.55. The molecule has 0 spiro atoms. The van der Waals surface area contributed by atoms with Crippen molar-refractivity contribution in [3.8, 4) is 11.5 Å². The van der Waals surface area contributed by atoms with Crippen LogP contribution >= 0.6 is 11.6 Å². The molecule has 9 heteroatoms. The van der Waals surface area contributed by atoms with Crippen molar-refractivity contribution in [3.05, 3.63) is 17.2 Å². The number of amides is 2. The van der Waals surface area contributed by atoms with E-state index in [1.54, 1.807) is 12.1 Å². The third-order valence-corrected chi connectivity index (χ3v) is 4.73. The predicted molar refractivity (Wildman–Crippen MR) is 98.4 cm³/mol. The SMILES string of the molecule is CCN(CC(=O)O)C1CC(NC(=O)Nc2cc(OC)c(Cl)cc2OC)C1. The van der Waals surface area contributed by atoms with Crippen molar-refractivity contribution < 1.29 is 24.2 Å². The smallest absolute Gasteiger partial charge is 0.319 e. The van der Waals surface area contributed by atoms with Crippen molar-refractivity contribution >= 4 is 29.3 Å². The number of nitrogens with zero attached hydrogens (tertiary/aromatic N) is 1. The van der Waals surface area contributed by atoms with Crippen molar-refractivity contribution in [2.75, 3.05) is 32.6 Å². The summed E-state index contributed by atoms with van der Waals surface area (Å²) in [6, 6.07) is 2.98. The lowest BCUT2D eigenvalue weighted by Gasteiger charge is -2.42. The van der Waals surface area contributed by atoms with Crippen LogP contribution in [0.15, 0.2) is 12.1 Å². The second-order valence-corrected chi connectivity index (χ2v) is 6.47. The third-order valence-electron chi connectivity index (χ3n) is 4.43. The van der Waals surface area contributed by atoms with Gasteiger partial charge in [0.2, 0.25) is 0 Å². The Morgan fingerprint density at radius 3 is 2.46 bits per heavy atom. The van der Waals surface area contributed by atoms with Gasteiger partial charge in [0.15, 0.2) is 0 Å². The molecule has 1 aliphatic carbocycles. The summed E-state index contributed by atoms with van der Waals surface area (Å²) in [5, 5.41) is 14.9. The molecule has 0 radical (unpaired) electrons. The molecular formula is C17H24ClN3O5. The first-order valence-electron chi connectivity index (χ1n) is 8.32. The van der Waals surface area contributed by atoms with E-state index in [0.717, 1.165) is 12.8 Å². The maximum atomic E-state index is 12.2. The Balaban J connectivity index is 1.90. The molecule has 1 aromatic carbocycles. The van der Waals surface area contributed by atoms with Crippen LogP contribution in [0, 0.1) is 0 Å². The molecule has 1 aliphatic rings. The number of urea groups is 1. The number of nitrogens with one attached hydrogen (secondary N) is 2. The van der Waals surface area contributed by atoms with Crippen LogP contribution in [-0.2, 0) is 4.79 Å². The Bertz CT molecular complexity index is 664. The molecule has 0 atom stereocenters. The van der Waals surface area contributed by atoms with E-state index >= 15 is 0 Å². The fourth-order valence-corrected chi connectivity index (χ4v) is 3.21. The summed E-state index contributed by atoms with van der Waals surface area (Å²) in [7, 11) is 2.97. The molecule has 0 aliphatic heterocycles. The molecule has 2 rings (SSSR count). The summed E-state index contributed by atoms with van der Waals surface area (Å²) in [4.78, 5) is 25.0. The average molecular weight is 386 g/mol. The van der Waals surface area contributed by atoms with E-state index in [0.29, 0.717) is 28.8 Å². The van der Waals surface area contributed by atoms with Crippen LogP contribution in [0.4, 0.5) is 10.5 Å². The molecule has 0 unspecified atom stereocenters. The zero-order valence-electron chi connectivity index (χ0n) is 15.0. The molecule has 3 N–H and O–H groups in total. The Hall–Kier alpha value is -2.19. The highest BCUT2D eigenvalue weighted by molar-refractivity contribution is 6.32. The minimum Gasteiger partial charge on any atom is -0.495 e. The first kappa shape index (κ1) is 20.1. The Morgan fingerprint density at radius 1 is 1.27 bits per heavy atom. The van der Waals surface area contributed by atoms with Gasteiger partial charge in [0.1, 0.15) is 11.5 Å².